The number of amides is 1. The number of nitrogens with zero attached hydrogens (tertiary/aromatic N) is 1. The van der Waals surface area contributed by atoms with E-state index in [0.29, 0.717) is 0 Å². The topological polar surface area (TPSA) is 125 Å². The van der Waals surface area contributed by atoms with Crippen LogP contribution in [0.1, 0.15) is 13.3 Å². The van der Waals surface area contributed by atoms with E-state index in [1.807, 2.05) is 0 Å². The molecule has 8 nitrogen and oxygen atoms in total. The Balaban J connectivity index is 2.81. The number of nitrogen functional groups attached to an aromatic ring is 1. The molecule has 1 amide bonds. The molecule has 0 fully saturated rings. The molecule has 0 aromatic heterocycles. The van der Waals surface area contributed by atoms with Crippen LogP contribution in [-0.2, 0) is 14.3 Å². The van der Waals surface area contributed by atoms with Crippen LogP contribution < -0.4 is 11.1 Å². The highest BCUT2D eigenvalue weighted by atomic mass is 16.6. The predicted octanol–water partition coefficient (Wildman–Crippen LogP) is 1.07. The van der Waals surface area contributed by atoms with Gasteiger partial charge >= 0.3 is 5.97 Å². The third-order valence-electron chi connectivity index (χ3n) is 2.10. The summed E-state index contributed by atoms with van der Waals surface area (Å²) in [7, 11) is 0. The number of rotatable bonds is 5. The van der Waals surface area contributed by atoms with Gasteiger partial charge in [0.1, 0.15) is 12.1 Å². The fourth-order valence-electron chi connectivity index (χ4n) is 1.35. The molecule has 1 aromatic rings. The SMILES string of the molecule is CCOC(=O)CC(=O)Nc1cc(N)ccc1[N+](=O)[O-]. The average Bonchev–Trinajstić information content (AvgIpc) is 2.28. The number of esters is 1. The van der Waals surface area contributed by atoms with Crippen molar-refractivity contribution in [3.05, 3.63) is 28.3 Å². The lowest BCUT2D eigenvalue weighted by atomic mass is 10.2. The third kappa shape index (κ3) is 4.26. The van der Waals surface area contributed by atoms with Crippen molar-refractivity contribution in [2.75, 3.05) is 17.7 Å². The zero-order valence-corrected chi connectivity index (χ0v) is 10.2. The Bertz CT molecular complexity index is 515. The number of benzene rings is 1. The zero-order valence-electron chi connectivity index (χ0n) is 10.2. The first-order valence-corrected chi connectivity index (χ1v) is 5.43. The van der Waals surface area contributed by atoms with Crippen LogP contribution in [0.25, 0.3) is 0 Å². The van der Waals surface area contributed by atoms with E-state index in [-0.39, 0.29) is 23.7 Å². The lowest BCUT2D eigenvalue weighted by Gasteiger charge is -2.06. The minimum Gasteiger partial charge on any atom is -0.466 e. The van der Waals surface area contributed by atoms with Gasteiger partial charge in [0.15, 0.2) is 0 Å². The van der Waals surface area contributed by atoms with Gasteiger partial charge in [-0.15, -0.1) is 0 Å². The van der Waals surface area contributed by atoms with E-state index in [4.69, 9.17) is 5.73 Å². The van der Waals surface area contributed by atoms with Crippen LogP contribution in [0.15, 0.2) is 18.2 Å². The Labute approximate surface area is 108 Å². The lowest BCUT2D eigenvalue weighted by molar-refractivity contribution is -0.383. The van der Waals surface area contributed by atoms with Crippen molar-refractivity contribution in [1.29, 1.82) is 0 Å². The monoisotopic (exact) mass is 267 g/mol. The van der Waals surface area contributed by atoms with Crippen LogP contribution in [0.5, 0.6) is 0 Å². The van der Waals surface area contributed by atoms with Gasteiger partial charge in [-0.3, -0.25) is 19.7 Å². The largest absolute Gasteiger partial charge is 0.466 e. The second kappa shape index (κ2) is 6.34. The minimum atomic E-state index is -0.702. The van der Waals surface area contributed by atoms with Gasteiger partial charge in [0.05, 0.1) is 11.5 Å². The Hall–Kier alpha value is -2.64. The van der Waals surface area contributed by atoms with Crippen molar-refractivity contribution < 1.29 is 19.2 Å². The maximum absolute atomic E-state index is 11.5. The molecule has 0 saturated carbocycles. The number of ether oxygens (including phenoxy) is 1. The summed E-state index contributed by atoms with van der Waals surface area (Å²) >= 11 is 0. The summed E-state index contributed by atoms with van der Waals surface area (Å²) in [4.78, 5) is 32.7. The van der Waals surface area contributed by atoms with Crippen LogP contribution in [0, 0.1) is 10.1 Å². The van der Waals surface area contributed by atoms with E-state index < -0.39 is 23.2 Å². The van der Waals surface area contributed by atoms with Crippen LogP contribution in [0.4, 0.5) is 17.1 Å². The second-order valence-corrected chi connectivity index (χ2v) is 3.56. The molecule has 0 aliphatic carbocycles. The number of nitrogens with two attached hydrogens (primary N) is 1. The normalized spacial score (nSPS) is 9.74. The van der Waals surface area contributed by atoms with E-state index in [1.165, 1.54) is 18.2 Å². The molecule has 0 heterocycles. The number of nitrogens with one attached hydrogen (secondary N) is 1. The van der Waals surface area contributed by atoms with Gasteiger partial charge in [0, 0.05) is 11.8 Å². The van der Waals surface area contributed by atoms with Gasteiger partial charge in [-0.1, -0.05) is 0 Å². The summed E-state index contributed by atoms with van der Waals surface area (Å²) in [5, 5.41) is 13.0. The van der Waals surface area contributed by atoms with E-state index in [2.05, 4.69) is 10.1 Å². The predicted molar refractivity (Wildman–Crippen MR) is 67.4 cm³/mol. The summed E-state index contributed by atoms with van der Waals surface area (Å²) in [5.74, 6) is -1.40. The maximum Gasteiger partial charge on any atom is 0.315 e. The van der Waals surface area contributed by atoms with Crippen molar-refractivity contribution in [2.45, 2.75) is 13.3 Å². The number of nitro benzene ring substituents is 1. The number of anilines is 2. The van der Waals surface area contributed by atoms with E-state index in [1.54, 1.807) is 6.92 Å². The molecule has 0 radical (unpaired) electrons. The highest BCUT2D eigenvalue weighted by molar-refractivity contribution is 6.03. The third-order valence-corrected chi connectivity index (χ3v) is 2.10. The zero-order chi connectivity index (χ0) is 14.4. The number of hydrogen-bond donors (Lipinski definition) is 2. The quantitative estimate of drug-likeness (QED) is 0.270. The number of carbonyl (C=O) groups excluding carboxylic acids is 2. The smallest absolute Gasteiger partial charge is 0.315 e. The van der Waals surface area contributed by atoms with Gasteiger partial charge in [-0.05, 0) is 19.1 Å². The van der Waals surface area contributed by atoms with Crippen molar-refractivity contribution in [3.63, 3.8) is 0 Å². The van der Waals surface area contributed by atoms with E-state index in [9.17, 15) is 19.7 Å². The number of nitro groups is 1. The fraction of sp³-hybridized carbons (Fsp3) is 0.273. The molecule has 0 unspecified atom stereocenters. The number of hydrogen-bond acceptors (Lipinski definition) is 6. The van der Waals surface area contributed by atoms with Gasteiger partial charge in [-0.2, -0.15) is 0 Å². The molecule has 102 valence electrons. The molecule has 0 saturated heterocycles. The van der Waals surface area contributed by atoms with Crippen molar-refractivity contribution in [3.8, 4) is 0 Å². The van der Waals surface area contributed by atoms with E-state index >= 15 is 0 Å². The fourth-order valence-corrected chi connectivity index (χ4v) is 1.35. The molecule has 0 aliphatic heterocycles. The Morgan fingerprint density at radius 3 is 2.74 bits per heavy atom. The molecular weight excluding hydrogens is 254 g/mol. The molecule has 19 heavy (non-hydrogen) atoms. The summed E-state index contributed by atoms with van der Waals surface area (Å²) in [6.07, 6.45) is -0.514. The number of carbonyl (C=O) groups is 2. The maximum atomic E-state index is 11.5. The Morgan fingerprint density at radius 1 is 1.47 bits per heavy atom. The highest BCUT2D eigenvalue weighted by Gasteiger charge is 2.17. The standard InChI is InChI=1S/C11H13N3O5/c1-2-19-11(16)6-10(15)13-8-5-7(12)3-4-9(8)14(17)18/h3-5H,2,6,12H2,1H3,(H,13,15). The van der Waals surface area contributed by atoms with Crippen molar-refractivity contribution in [1.82, 2.24) is 0 Å². The van der Waals surface area contributed by atoms with E-state index in [0.717, 1.165) is 0 Å². The molecule has 1 rings (SSSR count). The van der Waals surface area contributed by atoms with Gasteiger partial charge in [0.2, 0.25) is 5.91 Å². The van der Waals surface area contributed by atoms with Gasteiger partial charge < -0.3 is 15.8 Å². The first kappa shape index (κ1) is 14.4. The van der Waals surface area contributed by atoms with Crippen LogP contribution >= 0.6 is 0 Å². The molecule has 3 N–H and O–H groups in total. The first-order chi connectivity index (χ1) is 8.93. The summed E-state index contributed by atoms with van der Waals surface area (Å²) in [6.45, 7) is 1.77. The highest BCUT2D eigenvalue weighted by Crippen LogP contribution is 2.26. The van der Waals surface area contributed by atoms with Crippen LogP contribution in [-0.4, -0.2) is 23.4 Å². The molecule has 0 atom stereocenters. The summed E-state index contributed by atoms with van der Waals surface area (Å²) in [5.41, 5.74) is 5.39. The van der Waals surface area contributed by atoms with Crippen molar-refractivity contribution in [2.24, 2.45) is 0 Å². The second-order valence-electron chi connectivity index (χ2n) is 3.56. The minimum absolute atomic E-state index is 0.0562. The lowest BCUT2D eigenvalue weighted by Crippen LogP contribution is -2.18. The van der Waals surface area contributed by atoms with Crippen molar-refractivity contribution >= 4 is 28.9 Å². The molecule has 0 bridgehead atoms. The molecule has 0 spiro atoms. The Kier molecular flexibility index (Phi) is 4.81. The molecule has 8 heteroatoms. The molecule has 1 aromatic carbocycles. The molecular formula is C11H13N3O5. The average molecular weight is 267 g/mol. The first-order valence-electron chi connectivity index (χ1n) is 5.43. The molecule has 0 aliphatic rings. The summed E-state index contributed by atoms with van der Waals surface area (Å²) < 4.78 is 4.59. The summed E-state index contributed by atoms with van der Waals surface area (Å²) in [6, 6.07) is 3.77. The van der Waals surface area contributed by atoms with Crippen LogP contribution in [0.3, 0.4) is 0 Å². The van der Waals surface area contributed by atoms with Crippen LogP contribution in [0.2, 0.25) is 0 Å². The van der Waals surface area contributed by atoms with Gasteiger partial charge in [0.25, 0.3) is 5.69 Å². The Morgan fingerprint density at radius 2 is 2.16 bits per heavy atom. The van der Waals surface area contributed by atoms with Gasteiger partial charge in [-0.25, -0.2) is 0 Å².